The molecule has 0 spiro atoms. The Labute approximate surface area is 120 Å². The van der Waals surface area contributed by atoms with Crippen molar-refractivity contribution in [2.24, 2.45) is 11.8 Å². The smallest absolute Gasteiger partial charge is 0.126 e. The zero-order valence-electron chi connectivity index (χ0n) is 12.5. The molecule has 2 saturated heterocycles. The van der Waals surface area contributed by atoms with Crippen molar-refractivity contribution in [3.05, 3.63) is 28.8 Å². The number of rotatable bonds is 4. The van der Waals surface area contributed by atoms with Gasteiger partial charge in [-0.05, 0) is 44.2 Å². The molecule has 4 unspecified atom stereocenters. The predicted octanol–water partition coefficient (Wildman–Crippen LogP) is 2.38. The Morgan fingerprint density at radius 1 is 1.35 bits per heavy atom. The van der Waals surface area contributed by atoms with Gasteiger partial charge in [-0.25, -0.2) is 0 Å². The normalized spacial score (nSPS) is 29.7. The molecule has 2 heterocycles. The topological polar surface area (TPSA) is 56.5 Å². The number of ether oxygens (including phenoxy) is 2. The summed E-state index contributed by atoms with van der Waals surface area (Å²) in [5, 5.41) is 0. The molecule has 0 radical (unpaired) electrons. The van der Waals surface area contributed by atoms with Gasteiger partial charge in [0.2, 0.25) is 0 Å². The van der Waals surface area contributed by atoms with Gasteiger partial charge in [-0.1, -0.05) is 12.1 Å². The van der Waals surface area contributed by atoms with Crippen LogP contribution in [0.3, 0.4) is 0 Å². The molecule has 3 rings (SSSR count). The summed E-state index contributed by atoms with van der Waals surface area (Å²) in [7, 11) is 1.73. The lowest BCUT2D eigenvalue weighted by atomic mass is 9.80. The van der Waals surface area contributed by atoms with Gasteiger partial charge in [-0.3, -0.25) is 11.3 Å². The van der Waals surface area contributed by atoms with Crippen molar-refractivity contribution >= 4 is 0 Å². The molecule has 4 atom stereocenters. The molecular weight excluding hydrogens is 252 g/mol. The first-order valence-corrected chi connectivity index (χ1v) is 7.41. The lowest BCUT2D eigenvalue weighted by molar-refractivity contribution is 0.0854. The SMILES string of the molecule is COc1c(C(NN)C2CC3CCC2O3)ccc(C)c1C. The number of hydrogen-bond donors (Lipinski definition) is 2. The lowest BCUT2D eigenvalue weighted by Crippen LogP contribution is -2.38. The molecule has 0 amide bonds. The van der Waals surface area contributed by atoms with Crippen LogP contribution >= 0.6 is 0 Å². The van der Waals surface area contributed by atoms with Crippen molar-refractivity contribution in [2.45, 2.75) is 51.4 Å². The molecular formula is C16H24N2O2. The Bertz CT molecular complexity index is 503. The third-order valence-electron chi connectivity index (χ3n) is 5.01. The van der Waals surface area contributed by atoms with Gasteiger partial charge in [-0.15, -0.1) is 0 Å². The van der Waals surface area contributed by atoms with Crippen molar-refractivity contribution in [1.82, 2.24) is 5.43 Å². The number of methoxy groups -OCH3 is 1. The van der Waals surface area contributed by atoms with E-state index in [1.807, 2.05) is 0 Å². The van der Waals surface area contributed by atoms with Crippen LogP contribution in [-0.4, -0.2) is 19.3 Å². The molecule has 3 N–H and O–H groups in total. The molecule has 0 aromatic heterocycles. The number of nitrogens with one attached hydrogen (secondary N) is 1. The van der Waals surface area contributed by atoms with Crippen LogP contribution < -0.4 is 16.0 Å². The van der Waals surface area contributed by atoms with Crippen molar-refractivity contribution in [3.8, 4) is 5.75 Å². The van der Waals surface area contributed by atoms with Gasteiger partial charge in [0.15, 0.2) is 0 Å². The number of benzene rings is 1. The fourth-order valence-electron chi connectivity index (χ4n) is 3.80. The minimum absolute atomic E-state index is 0.0968. The van der Waals surface area contributed by atoms with E-state index < -0.39 is 0 Å². The van der Waals surface area contributed by atoms with Crippen molar-refractivity contribution < 1.29 is 9.47 Å². The summed E-state index contributed by atoms with van der Waals surface area (Å²) >= 11 is 0. The first-order valence-electron chi connectivity index (χ1n) is 7.41. The summed E-state index contributed by atoms with van der Waals surface area (Å²) < 4.78 is 11.6. The van der Waals surface area contributed by atoms with Crippen LogP contribution in [0.5, 0.6) is 5.75 Å². The van der Waals surface area contributed by atoms with E-state index in [0.717, 1.165) is 24.2 Å². The third-order valence-corrected chi connectivity index (χ3v) is 5.01. The molecule has 2 aliphatic heterocycles. The van der Waals surface area contributed by atoms with E-state index in [4.69, 9.17) is 15.3 Å². The van der Waals surface area contributed by atoms with Crippen LogP contribution in [0.1, 0.15) is 42.0 Å². The van der Waals surface area contributed by atoms with Crippen molar-refractivity contribution in [2.75, 3.05) is 7.11 Å². The highest BCUT2D eigenvalue weighted by atomic mass is 16.5. The number of aryl methyl sites for hydroxylation is 1. The van der Waals surface area contributed by atoms with E-state index in [1.54, 1.807) is 7.11 Å². The van der Waals surface area contributed by atoms with Gasteiger partial charge in [0.1, 0.15) is 5.75 Å². The minimum Gasteiger partial charge on any atom is -0.496 e. The molecule has 1 aromatic rings. The first kappa shape index (κ1) is 13.9. The van der Waals surface area contributed by atoms with Crippen LogP contribution in [0.4, 0.5) is 0 Å². The average molecular weight is 276 g/mol. The van der Waals surface area contributed by atoms with Crippen LogP contribution in [0, 0.1) is 19.8 Å². The van der Waals surface area contributed by atoms with E-state index in [-0.39, 0.29) is 6.04 Å². The highest BCUT2D eigenvalue weighted by Crippen LogP contribution is 2.46. The standard InChI is InChI=1S/C16H24N2O2/c1-9-4-6-12(16(19-3)10(9)2)15(18-17)13-8-11-5-7-14(13)20-11/h4,6,11,13-15,18H,5,7-8,17H2,1-3H3. The Hall–Kier alpha value is -1.10. The fraction of sp³-hybridized carbons (Fsp3) is 0.625. The molecule has 4 nitrogen and oxygen atoms in total. The van der Waals surface area contributed by atoms with E-state index >= 15 is 0 Å². The Balaban J connectivity index is 1.95. The molecule has 20 heavy (non-hydrogen) atoms. The summed E-state index contributed by atoms with van der Waals surface area (Å²) in [5.74, 6) is 7.26. The number of fused-ring (bicyclic) bond motifs is 2. The molecule has 0 saturated carbocycles. The highest BCUT2D eigenvalue weighted by Gasteiger charge is 2.45. The highest BCUT2D eigenvalue weighted by molar-refractivity contribution is 5.47. The first-order chi connectivity index (χ1) is 9.65. The fourth-order valence-corrected chi connectivity index (χ4v) is 3.80. The summed E-state index contributed by atoms with van der Waals surface area (Å²) in [4.78, 5) is 0. The maximum absolute atomic E-state index is 5.98. The average Bonchev–Trinajstić information content (AvgIpc) is 3.06. The predicted molar refractivity (Wildman–Crippen MR) is 78.5 cm³/mol. The summed E-state index contributed by atoms with van der Waals surface area (Å²) in [6.45, 7) is 4.20. The second-order valence-electron chi connectivity index (χ2n) is 6.05. The van der Waals surface area contributed by atoms with Gasteiger partial charge in [0.25, 0.3) is 0 Å². The third kappa shape index (κ3) is 2.12. The van der Waals surface area contributed by atoms with E-state index in [9.17, 15) is 0 Å². The Morgan fingerprint density at radius 3 is 2.70 bits per heavy atom. The maximum Gasteiger partial charge on any atom is 0.126 e. The van der Waals surface area contributed by atoms with Crippen LogP contribution in [0.2, 0.25) is 0 Å². The minimum atomic E-state index is 0.0968. The lowest BCUT2D eigenvalue weighted by Gasteiger charge is -2.30. The van der Waals surface area contributed by atoms with Crippen LogP contribution in [0.15, 0.2) is 12.1 Å². The summed E-state index contributed by atoms with van der Waals surface area (Å²) in [6, 6.07) is 4.38. The quantitative estimate of drug-likeness (QED) is 0.655. The number of hydrogen-bond acceptors (Lipinski definition) is 4. The van der Waals surface area contributed by atoms with E-state index in [0.29, 0.717) is 18.1 Å². The summed E-state index contributed by atoms with van der Waals surface area (Å²) in [5.41, 5.74) is 6.59. The molecule has 2 aliphatic rings. The van der Waals surface area contributed by atoms with Gasteiger partial charge in [-0.2, -0.15) is 0 Å². The Morgan fingerprint density at radius 2 is 2.15 bits per heavy atom. The second kappa shape index (κ2) is 5.35. The molecule has 0 aliphatic carbocycles. The number of hydrazine groups is 1. The Kier molecular flexibility index (Phi) is 3.71. The maximum atomic E-state index is 5.98. The van der Waals surface area contributed by atoms with Crippen molar-refractivity contribution in [1.29, 1.82) is 0 Å². The van der Waals surface area contributed by atoms with E-state index in [2.05, 4.69) is 31.4 Å². The molecule has 1 aromatic carbocycles. The van der Waals surface area contributed by atoms with Crippen molar-refractivity contribution in [3.63, 3.8) is 0 Å². The zero-order chi connectivity index (χ0) is 14.3. The zero-order valence-corrected chi connectivity index (χ0v) is 12.5. The van der Waals surface area contributed by atoms with Gasteiger partial charge in [0.05, 0.1) is 25.4 Å². The number of nitrogens with two attached hydrogens (primary N) is 1. The molecule has 2 fully saturated rings. The second-order valence-corrected chi connectivity index (χ2v) is 6.05. The summed E-state index contributed by atoms with van der Waals surface area (Å²) in [6.07, 6.45) is 4.21. The monoisotopic (exact) mass is 276 g/mol. The van der Waals surface area contributed by atoms with E-state index in [1.165, 1.54) is 17.5 Å². The molecule has 4 heteroatoms. The van der Waals surface area contributed by atoms with Crippen LogP contribution in [-0.2, 0) is 4.74 Å². The molecule has 110 valence electrons. The van der Waals surface area contributed by atoms with Gasteiger partial charge < -0.3 is 9.47 Å². The largest absolute Gasteiger partial charge is 0.496 e. The van der Waals surface area contributed by atoms with Crippen LogP contribution in [0.25, 0.3) is 0 Å². The van der Waals surface area contributed by atoms with Gasteiger partial charge >= 0.3 is 0 Å². The molecule has 2 bridgehead atoms. The van der Waals surface area contributed by atoms with Gasteiger partial charge in [0, 0.05) is 11.5 Å².